The molecule has 0 amide bonds. The normalized spacial score (nSPS) is 14.7. The maximum absolute atomic E-state index is 4.67. The average molecular weight is 294 g/mol. The first-order valence-corrected chi connectivity index (χ1v) is 8.35. The van der Waals surface area contributed by atoms with Crippen molar-refractivity contribution in [2.45, 2.75) is 31.8 Å². The number of nitrogens with zero attached hydrogens (tertiary/aromatic N) is 1. The Labute approximate surface area is 128 Å². The van der Waals surface area contributed by atoms with Crippen molar-refractivity contribution in [1.82, 2.24) is 10.3 Å². The van der Waals surface area contributed by atoms with Gasteiger partial charge in [-0.3, -0.25) is 0 Å². The van der Waals surface area contributed by atoms with Gasteiger partial charge in [-0.15, -0.1) is 11.3 Å². The standard InChI is InChI=1S/C18H18N2S/c1-2-6-15(13-9-10-13)14(5-1)11-19-12-18-20-16-7-3-4-8-17(16)21-18/h1-8,13,19H,9-12H2. The molecule has 0 unspecified atom stereocenters. The molecule has 1 heterocycles. The Hall–Kier alpha value is -1.71. The number of aromatic nitrogens is 1. The second kappa shape index (κ2) is 5.58. The SMILES string of the molecule is c1ccc(C2CC2)c(CNCc2nc3ccccc3s2)c1. The van der Waals surface area contributed by atoms with Crippen molar-refractivity contribution in [3.05, 3.63) is 64.7 Å². The van der Waals surface area contributed by atoms with E-state index in [-0.39, 0.29) is 0 Å². The fourth-order valence-corrected chi connectivity index (χ4v) is 3.72. The van der Waals surface area contributed by atoms with Crippen LogP contribution in [0.15, 0.2) is 48.5 Å². The number of para-hydroxylation sites is 1. The maximum Gasteiger partial charge on any atom is 0.108 e. The lowest BCUT2D eigenvalue weighted by molar-refractivity contribution is 0.685. The fraction of sp³-hybridized carbons (Fsp3) is 0.278. The van der Waals surface area contributed by atoms with Crippen LogP contribution in [0.1, 0.15) is 34.9 Å². The molecule has 0 aliphatic heterocycles. The van der Waals surface area contributed by atoms with E-state index in [1.54, 1.807) is 11.3 Å². The first-order chi connectivity index (χ1) is 10.4. The van der Waals surface area contributed by atoms with Gasteiger partial charge in [0.15, 0.2) is 0 Å². The fourth-order valence-electron chi connectivity index (χ4n) is 2.79. The highest BCUT2D eigenvalue weighted by atomic mass is 32.1. The highest BCUT2D eigenvalue weighted by Gasteiger charge is 2.25. The van der Waals surface area contributed by atoms with E-state index in [0.29, 0.717) is 0 Å². The van der Waals surface area contributed by atoms with Crippen molar-refractivity contribution in [3.63, 3.8) is 0 Å². The lowest BCUT2D eigenvalue weighted by atomic mass is 10.0. The first kappa shape index (κ1) is 13.0. The molecule has 0 atom stereocenters. The number of thiazole rings is 1. The van der Waals surface area contributed by atoms with Crippen LogP contribution in [0.5, 0.6) is 0 Å². The van der Waals surface area contributed by atoms with Crippen LogP contribution >= 0.6 is 11.3 Å². The molecule has 2 aromatic carbocycles. The monoisotopic (exact) mass is 294 g/mol. The van der Waals surface area contributed by atoms with Crippen LogP contribution in [0.4, 0.5) is 0 Å². The Balaban J connectivity index is 1.43. The maximum atomic E-state index is 4.67. The van der Waals surface area contributed by atoms with Gasteiger partial charge in [0.1, 0.15) is 5.01 Å². The molecular formula is C18H18N2S. The van der Waals surface area contributed by atoms with Gasteiger partial charge >= 0.3 is 0 Å². The third kappa shape index (κ3) is 2.85. The van der Waals surface area contributed by atoms with E-state index < -0.39 is 0 Å². The van der Waals surface area contributed by atoms with Gasteiger partial charge in [0.05, 0.1) is 10.2 Å². The predicted molar refractivity (Wildman–Crippen MR) is 88.6 cm³/mol. The summed E-state index contributed by atoms with van der Waals surface area (Å²) in [5.41, 5.74) is 4.09. The molecule has 21 heavy (non-hydrogen) atoms. The van der Waals surface area contributed by atoms with E-state index in [2.05, 4.69) is 52.8 Å². The largest absolute Gasteiger partial charge is 0.306 e. The summed E-state index contributed by atoms with van der Waals surface area (Å²) in [6, 6.07) is 17.2. The first-order valence-electron chi connectivity index (χ1n) is 7.53. The highest BCUT2D eigenvalue weighted by molar-refractivity contribution is 7.18. The Morgan fingerprint density at radius 2 is 1.81 bits per heavy atom. The van der Waals surface area contributed by atoms with Crippen LogP contribution in [0, 0.1) is 0 Å². The molecule has 0 bridgehead atoms. The molecular weight excluding hydrogens is 276 g/mol. The molecule has 1 fully saturated rings. The Morgan fingerprint density at radius 1 is 1.00 bits per heavy atom. The number of benzene rings is 2. The number of fused-ring (bicyclic) bond motifs is 1. The molecule has 4 rings (SSSR count). The van der Waals surface area contributed by atoms with E-state index in [9.17, 15) is 0 Å². The molecule has 1 aliphatic rings. The second-order valence-electron chi connectivity index (χ2n) is 5.65. The van der Waals surface area contributed by atoms with Crippen LogP contribution in [-0.4, -0.2) is 4.98 Å². The summed E-state index contributed by atoms with van der Waals surface area (Å²) in [6.07, 6.45) is 2.71. The number of nitrogens with one attached hydrogen (secondary N) is 1. The van der Waals surface area contributed by atoms with Gasteiger partial charge in [0.25, 0.3) is 0 Å². The van der Waals surface area contributed by atoms with Crippen LogP contribution in [0.25, 0.3) is 10.2 Å². The second-order valence-corrected chi connectivity index (χ2v) is 6.77. The van der Waals surface area contributed by atoms with E-state index >= 15 is 0 Å². The van der Waals surface area contributed by atoms with E-state index in [1.807, 2.05) is 6.07 Å². The zero-order valence-corrected chi connectivity index (χ0v) is 12.7. The summed E-state index contributed by atoms with van der Waals surface area (Å²) in [6.45, 7) is 1.78. The van der Waals surface area contributed by atoms with Crippen molar-refractivity contribution < 1.29 is 0 Å². The molecule has 0 radical (unpaired) electrons. The zero-order valence-electron chi connectivity index (χ0n) is 11.9. The molecule has 1 aliphatic carbocycles. The van der Waals surface area contributed by atoms with E-state index in [1.165, 1.54) is 33.7 Å². The Morgan fingerprint density at radius 3 is 2.67 bits per heavy atom. The number of rotatable bonds is 5. The number of hydrogen-bond acceptors (Lipinski definition) is 3. The third-order valence-electron chi connectivity index (χ3n) is 4.00. The molecule has 0 saturated heterocycles. The molecule has 1 saturated carbocycles. The average Bonchev–Trinajstić information content (AvgIpc) is 3.27. The minimum Gasteiger partial charge on any atom is -0.306 e. The highest BCUT2D eigenvalue weighted by Crippen LogP contribution is 2.41. The minimum atomic E-state index is 0.811. The predicted octanol–water partition coefficient (Wildman–Crippen LogP) is 4.46. The summed E-state index contributed by atoms with van der Waals surface area (Å²) < 4.78 is 1.27. The Kier molecular flexibility index (Phi) is 3.45. The quantitative estimate of drug-likeness (QED) is 0.751. The van der Waals surface area contributed by atoms with Crippen molar-refractivity contribution in [1.29, 1.82) is 0 Å². The van der Waals surface area contributed by atoms with Gasteiger partial charge in [-0.2, -0.15) is 0 Å². The van der Waals surface area contributed by atoms with Gasteiger partial charge in [0, 0.05) is 13.1 Å². The Bertz CT molecular complexity index is 726. The minimum absolute atomic E-state index is 0.811. The lowest BCUT2D eigenvalue weighted by Crippen LogP contribution is -2.13. The summed E-state index contributed by atoms with van der Waals surface area (Å²) in [7, 11) is 0. The van der Waals surface area contributed by atoms with Crippen molar-refractivity contribution >= 4 is 21.6 Å². The van der Waals surface area contributed by atoms with Crippen LogP contribution in [0.3, 0.4) is 0 Å². The molecule has 106 valence electrons. The van der Waals surface area contributed by atoms with Gasteiger partial charge in [-0.05, 0) is 42.0 Å². The van der Waals surface area contributed by atoms with Crippen LogP contribution in [0.2, 0.25) is 0 Å². The summed E-state index contributed by atoms with van der Waals surface area (Å²) >= 11 is 1.78. The van der Waals surface area contributed by atoms with Crippen LogP contribution in [-0.2, 0) is 13.1 Å². The van der Waals surface area contributed by atoms with E-state index in [0.717, 1.165) is 24.5 Å². The smallest absolute Gasteiger partial charge is 0.108 e. The molecule has 1 aromatic heterocycles. The summed E-state index contributed by atoms with van der Waals surface area (Å²) in [5.74, 6) is 0.811. The van der Waals surface area contributed by atoms with E-state index in [4.69, 9.17) is 0 Å². The van der Waals surface area contributed by atoms with Gasteiger partial charge < -0.3 is 5.32 Å². The molecule has 0 spiro atoms. The third-order valence-corrected chi connectivity index (χ3v) is 5.04. The van der Waals surface area contributed by atoms with Gasteiger partial charge in [-0.25, -0.2) is 4.98 Å². The molecule has 3 heteroatoms. The lowest BCUT2D eigenvalue weighted by Gasteiger charge is -2.08. The zero-order chi connectivity index (χ0) is 14.1. The van der Waals surface area contributed by atoms with Crippen LogP contribution < -0.4 is 5.32 Å². The molecule has 1 N–H and O–H groups in total. The molecule has 2 nitrogen and oxygen atoms in total. The summed E-state index contributed by atoms with van der Waals surface area (Å²) in [4.78, 5) is 4.67. The van der Waals surface area contributed by atoms with Crippen molar-refractivity contribution in [2.75, 3.05) is 0 Å². The van der Waals surface area contributed by atoms with Crippen molar-refractivity contribution in [3.8, 4) is 0 Å². The number of hydrogen-bond donors (Lipinski definition) is 1. The summed E-state index contributed by atoms with van der Waals surface area (Å²) in [5, 5.41) is 4.72. The van der Waals surface area contributed by atoms with Crippen molar-refractivity contribution in [2.24, 2.45) is 0 Å². The van der Waals surface area contributed by atoms with Gasteiger partial charge in [-0.1, -0.05) is 36.4 Å². The van der Waals surface area contributed by atoms with Gasteiger partial charge in [0.2, 0.25) is 0 Å². The topological polar surface area (TPSA) is 24.9 Å². The molecule has 3 aromatic rings.